The third-order valence-electron chi connectivity index (χ3n) is 9.51. The maximum Gasteiger partial charge on any atom is 0.407 e. The van der Waals surface area contributed by atoms with Gasteiger partial charge in [0.2, 0.25) is 23.0 Å². The van der Waals surface area contributed by atoms with Crippen molar-refractivity contribution in [3.05, 3.63) is 71.8 Å². The highest BCUT2D eigenvalue weighted by molar-refractivity contribution is 6.28. The number of H-pyrrole nitrogens is 1. The quantitative estimate of drug-likeness (QED) is 0.185. The molecule has 3 amide bonds. The minimum Gasteiger partial charge on any atom is -0.444 e. The normalized spacial score (nSPS) is 18.2. The molecule has 2 aromatic carbocycles. The summed E-state index contributed by atoms with van der Waals surface area (Å²) in [6.45, 7) is 8.69. The van der Waals surface area contributed by atoms with E-state index in [0.717, 1.165) is 42.6 Å². The molecule has 3 heterocycles. The number of hydrogen-bond donors (Lipinski definition) is 3. The number of nitrogens with two attached hydrogens (primary N) is 1. The second-order valence-electron chi connectivity index (χ2n) is 14.5. The predicted octanol–water partition coefficient (Wildman–Crippen LogP) is 5.18. The molecule has 2 aliphatic rings. The van der Waals surface area contributed by atoms with Crippen LogP contribution in [-0.2, 0) is 25.5 Å². The molecule has 1 atom stereocenters. The summed E-state index contributed by atoms with van der Waals surface area (Å²) >= 11 is 5.96. The topological polar surface area (TPSA) is 182 Å². The Hall–Kier alpha value is -5.08. The fraction of sp³-hybridized carbons (Fsp3) is 0.447. The van der Waals surface area contributed by atoms with Crippen molar-refractivity contribution in [2.24, 2.45) is 17.6 Å². The SMILES string of the molecule is CC(C)(C)OC(=O)NC[C@H]1CC[C@H](C(=O)N(c2ccc(-c3nnc(Cl)[nH]3)cc2)[C@@H](Cc2cccc(-c3cnc(N4CCOCC4)nc3)c2)C(N)=O)CC1. The van der Waals surface area contributed by atoms with Crippen LogP contribution in [-0.4, -0.2) is 87.5 Å². The number of aromatic nitrogens is 5. The van der Waals surface area contributed by atoms with Crippen molar-refractivity contribution in [2.45, 2.75) is 64.5 Å². The van der Waals surface area contributed by atoms with Crippen molar-refractivity contribution in [3.8, 4) is 22.5 Å². The molecular weight excluding hydrogens is 698 g/mol. The van der Waals surface area contributed by atoms with Crippen LogP contribution in [0.25, 0.3) is 22.5 Å². The number of nitrogens with one attached hydrogen (secondary N) is 2. The zero-order valence-electron chi connectivity index (χ0n) is 30.3. The molecule has 1 aliphatic heterocycles. The lowest BCUT2D eigenvalue weighted by molar-refractivity contribution is -0.127. The highest BCUT2D eigenvalue weighted by atomic mass is 35.5. The molecule has 0 spiro atoms. The van der Waals surface area contributed by atoms with E-state index in [0.29, 0.717) is 55.6 Å². The molecule has 14 nitrogen and oxygen atoms in total. The molecule has 280 valence electrons. The first-order chi connectivity index (χ1) is 25.4. The molecule has 1 saturated heterocycles. The van der Waals surface area contributed by atoms with E-state index >= 15 is 0 Å². The summed E-state index contributed by atoms with van der Waals surface area (Å²) in [5.41, 5.74) is 9.32. The first-order valence-electron chi connectivity index (χ1n) is 18.0. The number of rotatable bonds is 11. The van der Waals surface area contributed by atoms with E-state index in [1.165, 1.54) is 0 Å². The molecule has 1 saturated carbocycles. The van der Waals surface area contributed by atoms with E-state index < -0.39 is 23.6 Å². The number of aromatic amines is 1. The van der Waals surface area contributed by atoms with Crippen LogP contribution in [0.5, 0.6) is 0 Å². The number of benzene rings is 2. The minimum absolute atomic E-state index is 0.161. The van der Waals surface area contributed by atoms with Crippen LogP contribution in [0.4, 0.5) is 16.4 Å². The summed E-state index contributed by atoms with van der Waals surface area (Å²) in [5.74, 6) is 0.199. The summed E-state index contributed by atoms with van der Waals surface area (Å²) in [4.78, 5) is 55.8. The van der Waals surface area contributed by atoms with Crippen molar-refractivity contribution in [1.82, 2.24) is 30.5 Å². The zero-order valence-corrected chi connectivity index (χ0v) is 31.0. The Labute approximate surface area is 313 Å². The Kier molecular flexibility index (Phi) is 11.9. The first-order valence-corrected chi connectivity index (χ1v) is 18.3. The van der Waals surface area contributed by atoms with E-state index in [1.54, 1.807) is 41.6 Å². The van der Waals surface area contributed by atoms with Gasteiger partial charge in [0.25, 0.3) is 0 Å². The molecular formula is C38H46ClN9O5. The van der Waals surface area contributed by atoms with Crippen LogP contribution >= 0.6 is 11.6 Å². The Morgan fingerprint density at radius 2 is 1.70 bits per heavy atom. The predicted molar refractivity (Wildman–Crippen MR) is 201 cm³/mol. The van der Waals surface area contributed by atoms with Crippen molar-refractivity contribution < 1.29 is 23.9 Å². The molecule has 4 aromatic rings. The van der Waals surface area contributed by atoms with E-state index in [4.69, 9.17) is 26.8 Å². The van der Waals surface area contributed by atoms with Gasteiger partial charge >= 0.3 is 6.09 Å². The second kappa shape index (κ2) is 16.7. The van der Waals surface area contributed by atoms with Crippen LogP contribution in [0.2, 0.25) is 5.28 Å². The number of nitrogens with zero attached hydrogens (tertiary/aromatic N) is 6. The molecule has 53 heavy (non-hydrogen) atoms. The van der Waals surface area contributed by atoms with Crippen LogP contribution in [0, 0.1) is 11.8 Å². The molecule has 0 bridgehead atoms. The van der Waals surface area contributed by atoms with Gasteiger partial charge in [-0.1, -0.05) is 24.3 Å². The molecule has 0 radical (unpaired) electrons. The van der Waals surface area contributed by atoms with Gasteiger partial charge in [-0.05, 0) is 99.4 Å². The van der Waals surface area contributed by atoms with Gasteiger partial charge in [0.05, 0.1) is 13.2 Å². The molecule has 1 aliphatic carbocycles. The maximum absolute atomic E-state index is 14.5. The Balaban J connectivity index is 1.21. The minimum atomic E-state index is -0.977. The van der Waals surface area contributed by atoms with Crippen LogP contribution in [0.1, 0.15) is 52.0 Å². The molecule has 6 rings (SSSR count). The number of alkyl carbamates (subject to hydrolysis) is 1. The molecule has 4 N–H and O–H groups in total. The number of carbonyl (C=O) groups is 3. The lowest BCUT2D eigenvalue weighted by Gasteiger charge is -2.36. The largest absolute Gasteiger partial charge is 0.444 e. The average Bonchev–Trinajstić information content (AvgIpc) is 3.60. The molecule has 2 aromatic heterocycles. The number of anilines is 2. The molecule has 2 fully saturated rings. The van der Waals surface area contributed by atoms with Gasteiger partial charge in [0.1, 0.15) is 11.6 Å². The third kappa shape index (κ3) is 9.87. The lowest BCUT2D eigenvalue weighted by atomic mass is 9.81. The van der Waals surface area contributed by atoms with Gasteiger partial charge in [-0.15, -0.1) is 10.2 Å². The highest BCUT2D eigenvalue weighted by Crippen LogP contribution is 2.34. The number of carbonyl (C=O) groups excluding carboxylic acids is 3. The van der Waals surface area contributed by atoms with Crippen LogP contribution in [0.15, 0.2) is 60.9 Å². The summed E-state index contributed by atoms with van der Waals surface area (Å²) in [7, 11) is 0. The van der Waals surface area contributed by atoms with Crippen LogP contribution in [0.3, 0.4) is 0 Å². The van der Waals surface area contributed by atoms with Crippen molar-refractivity contribution in [3.63, 3.8) is 0 Å². The van der Waals surface area contributed by atoms with Gasteiger partial charge in [-0.2, -0.15) is 0 Å². The standard InChI is InChI=1S/C38H46ClN9O5/c1-38(2,3)53-37(51)43-21-24-7-9-27(10-8-24)34(50)48(30-13-11-26(12-14-30)33-44-35(39)46-45-33)31(32(40)49)20-25-5-4-6-28(19-25)29-22-41-36(42-23-29)47-15-17-52-18-16-47/h4-6,11-14,19,22-24,27,31H,7-10,15-18,20-21H2,1-3H3,(H2,40,49)(H,43,51)(H,44,45,46)/t24-,27-,31-/m0/s1. The maximum atomic E-state index is 14.5. The second-order valence-corrected chi connectivity index (χ2v) is 14.9. The molecule has 15 heteroatoms. The van der Waals surface area contributed by atoms with Gasteiger partial charge in [0.15, 0.2) is 5.82 Å². The fourth-order valence-electron chi connectivity index (χ4n) is 6.78. The number of ether oxygens (including phenoxy) is 2. The Bertz CT molecular complexity index is 1870. The van der Waals surface area contributed by atoms with Gasteiger partial charge < -0.3 is 30.4 Å². The van der Waals surface area contributed by atoms with Crippen molar-refractivity contribution in [2.75, 3.05) is 42.6 Å². The number of primary amides is 1. The third-order valence-corrected chi connectivity index (χ3v) is 9.68. The van der Waals surface area contributed by atoms with E-state index in [-0.39, 0.29) is 29.4 Å². The van der Waals surface area contributed by atoms with Crippen molar-refractivity contribution >= 4 is 41.1 Å². The summed E-state index contributed by atoms with van der Waals surface area (Å²) in [6, 6.07) is 13.9. The number of amides is 3. The average molecular weight is 744 g/mol. The fourth-order valence-corrected chi connectivity index (χ4v) is 6.91. The monoisotopic (exact) mass is 743 g/mol. The summed E-state index contributed by atoms with van der Waals surface area (Å²) in [6.07, 6.45) is 6.00. The highest BCUT2D eigenvalue weighted by Gasteiger charge is 2.36. The summed E-state index contributed by atoms with van der Waals surface area (Å²) < 4.78 is 10.8. The first kappa shape index (κ1) is 37.7. The zero-order chi connectivity index (χ0) is 37.5. The Morgan fingerprint density at radius 1 is 1.00 bits per heavy atom. The smallest absolute Gasteiger partial charge is 0.407 e. The summed E-state index contributed by atoms with van der Waals surface area (Å²) in [5, 5.41) is 10.9. The van der Waals surface area contributed by atoms with Crippen molar-refractivity contribution in [1.29, 1.82) is 0 Å². The number of halogens is 1. The van der Waals surface area contributed by atoms with Gasteiger partial charge in [-0.25, -0.2) is 14.8 Å². The number of morpholine rings is 1. The van der Waals surface area contributed by atoms with E-state index in [9.17, 15) is 14.4 Å². The van der Waals surface area contributed by atoms with E-state index in [2.05, 4.69) is 35.4 Å². The van der Waals surface area contributed by atoms with Gasteiger partial charge in [0, 0.05) is 61.2 Å². The molecule has 0 unspecified atom stereocenters. The number of hydrogen-bond acceptors (Lipinski definition) is 10. The lowest BCUT2D eigenvalue weighted by Crippen LogP contribution is -2.52. The van der Waals surface area contributed by atoms with E-state index in [1.807, 2.05) is 45.0 Å². The Morgan fingerprint density at radius 3 is 2.32 bits per heavy atom. The van der Waals surface area contributed by atoms with Gasteiger partial charge in [-0.3, -0.25) is 14.5 Å². The van der Waals surface area contributed by atoms with Crippen LogP contribution < -0.4 is 20.9 Å².